The Bertz CT molecular complexity index is 467. The van der Waals surface area contributed by atoms with Gasteiger partial charge in [-0.2, -0.15) is 5.26 Å². The van der Waals surface area contributed by atoms with E-state index in [0.717, 1.165) is 12.1 Å². The van der Waals surface area contributed by atoms with Crippen molar-refractivity contribution in [3.63, 3.8) is 0 Å². The summed E-state index contributed by atoms with van der Waals surface area (Å²) in [6, 6.07) is 5.98. The zero-order chi connectivity index (χ0) is 15.2. The van der Waals surface area contributed by atoms with Crippen molar-refractivity contribution < 1.29 is 14.2 Å². The van der Waals surface area contributed by atoms with Crippen LogP contribution < -0.4 is 19.5 Å². The van der Waals surface area contributed by atoms with E-state index in [2.05, 4.69) is 11.4 Å². The van der Waals surface area contributed by atoms with Crippen LogP contribution in [0.15, 0.2) is 12.1 Å². The summed E-state index contributed by atoms with van der Waals surface area (Å²) in [5, 5.41) is 12.3. The molecule has 0 amide bonds. The van der Waals surface area contributed by atoms with Crippen molar-refractivity contribution in [3.05, 3.63) is 12.1 Å². The SMILES string of the molecule is COc1cc(NCCC(C)(C)C#N)cc(OC)c1OC. The number of rotatable bonds is 7. The van der Waals surface area contributed by atoms with Gasteiger partial charge in [0.2, 0.25) is 5.75 Å². The molecule has 0 bridgehead atoms. The normalized spacial score (nSPS) is 10.6. The third-order valence-electron chi connectivity index (χ3n) is 3.05. The Morgan fingerprint density at radius 2 is 1.65 bits per heavy atom. The molecule has 1 aromatic rings. The third kappa shape index (κ3) is 3.95. The molecule has 0 saturated heterocycles. The Morgan fingerprint density at radius 3 is 2.05 bits per heavy atom. The van der Waals surface area contributed by atoms with Crippen LogP contribution in [0.4, 0.5) is 5.69 Å². The van der Waals surface area contributed by atoms with E-state index in [4.69, 9.17) is 19.5 Å². The molecule has 0 radical (unpaired) electrons. The predicted molar refractivity (Wildman–Crippen MR) is 78.6 cm³/mol. The standard InChI is InChI=1S/C15H22N2O3/c1-15(2,10-16)6-7-17-11-8-12(18-3)14(20-5)13(9-11)19-4/h8-9,17H,6-7H2,1-5H3. The molecule has 0 aromatic heterocycles. The Hall–Kier alpha value is -2.09. The van der Waals surface area contributed by atoms with Crippen LogP contribution in [0.1, 0.15) is 20.3 Å². The predicted octanol–water partition coefficient (Wildman–Crippen LogP) is 3.06. The summed E-state index contributed by atoms with van der Waals surface area (Å²) in [6.45, 7) is 4.53. The fraction of sp³-hybridized carbons (Fsp3) is 0.533. The van der Waals surface area contributed by atoms with Gasteiger partial charge < -0.3 is 19.5 Å². The van der Waals surface area contributed by atoms with Crippen LogP contribution in [0, 0.1) is 16.7 Å². The van der Waals surface area contributed by atoms with Crippen molar-refractivity contribution in [2.24, 2.45) is 5.41 Å². The lowest BCUT2D eigenvalue weighted by molar-refractivity contribution is 0.324. The van der Waals surface area contributed by atoms with Crippen molar-refractivity contribution in [2.75, 3.05) is 33.2 Å². The first kappa shape index (κ1) is 16.0. The fourth-order valence-electron chi connectivity index (χ4n) is 1.76. The van der Waals surface area contributed by atoms with Gasteiger partial charge in [-0.1, -0.05) is 0 Å². The number of ether oxygens (including phenoxy) is 3. The van der Waals surface area contributed by atoms with Crippen LogP contribution in [0.3, 0.4) is 0 Å². The average molecular weight is 278 g/mol. The lowest BCUT2D eigenvalue weighted by Crippen LogP contribution is -2.14. The quantitative estimate of drug-likeness (QED) is 0.830. The molecule has 5 nitrogen and oxygen atoms in total. The van der Waals surface area contributed by atoms with Gasteiger partial charge in [0.25, 0.3) is 0 Å². The largest absolute Gasteiger partial charge is 0.493 e. The molecule has 0 heterocycles. The zero-order valence-electron chi connectivity index (χ0n) is 12.7. The molecule has 5 heteroatoms. The fourth-order valence-corrected chi connectivity index (χ4v) is 1.76. The molecule has 1 N–H and O–H groups in total. The van der Waals surface area contributed by atoms with Crippen molar-refractivity contribution in [1.29, 1.82) is 5.26 Å². The zero-order valence-corrected chi connectivity index (χ0v) is 12.7. The second-order valence-electron chi connectivity index (χ2n) is 5.09. The molecular formula is C15H22N2O3. The van der Waals surface area contributed by atoms with Crippen LogP contribution >= 0.6 is 0 Å². The van der Waals surface area contributed by atoms with E-state index in [-0.39, 0.29) is 5.41 Å². The molecule has 0 aliphatic heterocycles. The second kappa shape index (κ2) is 6.90. The van der Waals surface area contributed by atoms with Crippen molar-refractivity contribution >= 4 is 5.69 Å². The lowest BCUT2D eigenvalue weighted by atomic mass is 9.91. The summed E-state index contributed by atoms with van der Waals surface area (Å²) in [5.41, 5.74) is 0.529. The smallest absolute Gasteiger partial charge is 0.203 e. The van der Waals surface area contributed by atoms with Gasteiger partial charge in [-0.15, -0.1) is 0 Å². The van der Waals surface area contributed by atoms with Crippen molar-refractivity contribution in [2.45, 2.75) is 20.3 Å². The number of methoxy groups -OCH3 is 3. The molecule has 1 aromatic carbocycles. The average Bonchev–Trinajstić information content (AvgIpc) is 2.45. The van der Waals surface area contributed by atoms with E-state index >= 15 is 0 Å². The molecule has 1 rings (SSSR count). The minimum absolute atomic E-state index is 0.340. The number of nitrogens with one attached hydrogen (secondary N) is 1. The van der Waals surface area contributed by atoms with Crippen LogP contribution in [0.5, 0.6) is 17.2 Å². The van der Waals surface area contributed by atoms with Gasteiger partial charge in [0.15, 0.2) is 11.5 Å². The summed E-state index contributed by atoms with van der Waals surface area (Å²) in [6.07, 6.45) is 0.750. The first-order valence-electron chi connectivity index (χ1n) is 6.42. The van der Waals surface area contributed by atoms with Crippen molar-refractivity contribution in [1.82, 2.24) is 0 Å². The molecule has 0 fully saturated rings. The van der Waals surface area contributed by atoms with Gasteiger partial charge in [0.1, 0.15) is 0 Å². The number of nitriles is 1. The molecule has 0 spiro atoms. The van der Waals surface area contributed by atoms with Crippen LogP contribution in [-0.4, -0.2) is 27.9 Å². The maximum atomic E-state index is 8.99. The number of hydrogen-bond acceptors (Lipinski definition) is 5. The molecule has 0 unspecified atom stereocenters. The number of hydrogen-bond donors (Lipinski definition) is 1. The first-order chi connectivity index (χ1) is 9.47. The van der Waals surface area contributed by atoms with Crippen LogP contribution in [0.25, 0.3) is 0 Å². The monoisotopic (exact) mass is 278 g/mol. The van der Waals surface area contributed by atoms with Crippen LogP contribution in [0.2, 0.25) is 0 Å². The molecular weight excluding hydrogens is 256 g/mol. The van der Waals surface area contributed by atoms with Crippen LogP contribution in [-0.2, 0) is 0 Å². The highest BCUT2D eigenvalue weighted by atomic mass is 16.5. The van der Waals surface area contributed by atoms with E-state index in [1.54, 1.807) is 21.3 Å². The number of benzene rings is 1. The van der Waals surface area contributed by atoms with Gasteiger partial charge in [-0.3, -0.25) is 0 Å². The maximum Gasteiger partial charge on any atom is 0.203 e. The molecule has 0 saturated carbocycles. The Labute approximate surface area is 120 Å². The Kier molecular flexibility index (Phi) is 5.51. The van der Waals surface area contributed by atoms with E-state index in [0.29, 0.717) is 23.8 Å². The molecule has 0 aliphatic rings. The summed E-state index contributed by atoms with van der Waals surface area (Å²) in [7, 11) is 4.74. The topological polar surface area (TPSA) is 63.5 Å². The molecule has 0 atom stereocenters. The highest BCUT2D eigenvalue weighted by Gasteiger charge is 2.17. The summed E-state index contributed by atoms with van der Waals surface area (Å²) < 4.78 is 15.8. The first-order valence-corrected chi connectivity index (χ1v) is 6.42. The van der Waals surface area contributed by atoms with Gasteiger partial charge in [0, 0.05) is 24.4 Å². The number of anilines is 1. The Balaban J connectivity index is 2.84. The highest BCUT2D eigenvalue weighted by Crippen LogP contribution is 2.39. The van der Waals surface area contributed by atoms with E-state index in [1.165, 1.54) is 0 Å². The second-order valence-corrected chi connectivity index (χ2v) is 5.09. The number of nitrogens with zero attached hydrogens (tertiary/aromatic N) is 1. The maximum absolute atomic E-state index is 8.99. The molecule has 0 aliphatic carbocycles. The van der Waals surface area contributed by atoms with Gasteiger partial charge >= 0.3 is 0 Å². The van der Waals surface area contributed by atoms with Gasteiger partial charge in [-0.05, 0) is 20.3 Å². The van der Waals surface area contributed by atoms with Crippen molar-refractivity contribution in [3.8, 4) is 23.3 Å². The summed E-state index contributed by atoms with van der Waals surface area (Å²) in [4.78, 5) is 0. The van der Waals surface area contributed by atoms with Gasteiger partial charge in [-0.25, -0.2) is 0 Å². The van der Waals surface area contributed by atoms with Gasteiger partial charge in [0.05, 0.1) is 32.8 Å². The van der Waals surface area contributed by atoms with E-state index < -0.39 is 0 Å². The third-order valence-corrected chi connectivity index (χ3v) is 3.05. The minimum Gasteiger partial charge on any atom is -0.493 e. The highest BCUT2D eigenvalue weighted by molar-refractivity contribution is 5.62. The lowest BCUT2D eigenvalue weighted by Gasteiger charge is -2.18. The summed E-state index contributed by atoms with van der Waals surface area (Å²) in [5.74, 6) is 1.78. The molecule has 20 heavy (non-hydrogen) atoms. The minimum atomic E-state index is -0.340. The van der Waals surface area contributed by atoms with E-state index in [1.807, 2.05) is 26.0 Å². The van der Waals surface area contributed by atoms with E-state index in [9.17, 15) is 0 Å². The molecule has 110 valence electrons. The Morgan fingerprint density at radius 1 is 1.10 bits per heavy atom. The summed E-state index contributed by atoms with van der Waals surface area (Å²) >= 11 is 0.